The molecule has 0 N–H and O–H groups in total. The average Bonchev–Trinajstić information content (AvgIpc) is 2.31. The first-order chi connectivity index (χ1) is 5.68. The highest BCUT2D eigenvalue weighted by Gasteiger charge is 2.05. The van der Waals surface area contributed by atoms with Gasteiger partial charge in [-0.05, 0) is 19.1 Å². The van der Waals surface area contributed by atoms with E-state index in [0.717, 1.165) is 0 Å². The van der Waals surface area contributed by atoms with Gasteiger partial charge in [0.2, 0.25) is 0 Å². The summed E-state index contributed by atoms with van der Waals surface area (Å²) in [5, 5.41) is 0.463. The Balaban J connectivity index is 2.88. The Morgan fingerprint density at radius 3 is 3.00 bits per heavy atom. The lowest BCUT2D eigenvalue weighted by atomic mass is 10.5. The molecule has 4 heteroatoms. The van der Waals surface area contributed by atoms with Crippen LogP contribution in [-0.2, 0) is 0 Å². The van der Waals surface area contributed by atoms with Gasteiger partial charge in [-0.15, -0.1) is 0 Å². The Labute approximate surface area is 73.6 Å². The first kappa shape index (κ1) is 7.55. The summed E-state index contributed by atoms with van der Waals surface area (Å²) < 4.78 is 14.2. The third-order valence-corrected chi connectivity index (χ3v) is 2.14. The molecule has 0 unspecified atom stereocenters. The van der Waals surface area contributed by atoms with Crippen molar-refractivity contribution < 1.29 is 4.39 Å². The molecule has 2 heterocycles. The van der Waals surface area contributed by atoms with Crippen LogP contribution < -0.4 is 0 Å². The molecule has 0 radical (unpaired) electrons. The molecule has 2 aromatic heterocycles. The number of aryl methyl sites for hydroxylation is 1. The number of pyridine rings is 1. The predicted molar refractivity (Wildman–Crippen MR) is 44.9 cm³/mol. The molecule has 0 fully saturated rings. The van der Waals surface area contributed by atoms with E-state index < -0.39 is 0 Å². The minimum absolute atomic E-state index is 0.318. The SMILES string of the molecule is Cc1nc2ccc(F)cn2c1Cl. The van der Waals surface area contributed by atoms with Crippen LogP contribution >= 0.6 is 11.6 Å². The smallest absolute Gasteiger partial charge is 0.139 e. The Morgan fingerprint density at radius 2 is 2.25 bits per heavy atom. The molecule has 0 aromatic carbocycles. The van der Waals surface area contributed by atoms with Crippen molar-refractivity contribution in [3.63, 3.8) is 0 Å². The van der Waals surface area contributed by atoms with Crippen molar-refractivity contribution in [3.8, 4) is 0 Å². The van der Waals surface area contributed by atoms with Gasteiger partial charge in [-0.2, -0.15) is 0 Å². The molecular weight excluding hydrogens is 179 g/mol. The van der Waals surface area contributed by atoms with Crippen molar-refractivity contribution in [1.29, 1.82) is 0 Å². The van der Waals surface area contributed by atoms with Crippen LogP contribution in [0.2, 0.25) is 5.15 Å². The Hall–Kier alpha value is -1.09. The van der Waals surface area contributed by atoms with Gasteiger partial charge < -0.3 is 0 Å². The molecule has 0 bridgehead atoms. The molecule has 0 aliphatic heterocycles. The van der Waals surface area contributed by atoms with E-state index in [0.29, 0.717) is 16.5 Å². The quantitative estimate of drug-likeness (QED) is 0.615. The topological polar surface area (TPSA) is 17.3 Å². The van der Waals surface area contributed by atoms with Crippen LogP contribution in [0, 0.1) is 12.7 Å². The minimum Gasteiger partial charge on any atom is -0.287 e. The van der Waals surface area contributed by atoms with E-state index in [9.17, 15) is 4.39 Å². The maximum Gasteiger partial charge on any atom is 0.139 e. The molecule has 2 aromatic rings. The predicted octanol–water partition coefficient (Wildman–Crippen LogP) is 2.44. The van der Waals surface area contributed by atoms with Gasteiger partial charge in [0.15, 0.2) is 0 Å². The molecule has 0 atom stereocenters. The summed E-state index contributed by atoms with van der Waals surface area (Å²) in [6, 6.07) is 2.95. The summed E-state index contributed by atoms with van der Waals surface area (Å²) in [4.78, 5) is 4.12. The van der Waals surface area contributed by atoms with Gasteiger partial charge in [0, 0.05) is 6.20 Å². The molecular formula is C8H6ClFN2. The van der Waals surface area contributed by atoms with Gasteiger partial charge >= 0.3 is 0 Å². The molecule has 2 rings (SSSR count). The van der Waals surface area contributed by atoms with Crippen LogP contribution in [0.1, 0.15) is 5.69 Å². The number of hydrogen-bond acceptors (Lipinski definition) is 1. The zero-order valence-electron chi connectivity index (χ0n) is 6.38. The average molecular weight is 185 g/mol. The van der Waals surface area contributed by atoms with Crippen molar-refractivity contribution in [2.24, 2.45) is 0 Å². The number of aromatic nitrogens is 2. The number of halogens is 2. The van der Waals surface area contributed by atoms with Crippen molar-refractivity contribution in [1.82, 2.24) is 9.38 Å². The highest BCUT2D eigenvalue weighted by atomic mass is 35.5. The number of imidazole rings is 1. The second-order valence-electron chi connectivity index (χ2n) is 2.56. The zero-order valence-corrected chi connectivity index (χ0v) is 7.14. The van der Waals surface area contributed by atoms with Crippen molar-refractivity contribution in [2.75, 3.05) is 0 Å². The van der Waals surface area contributed by atoms with Gasteiger partial charge in [-0.1, -0.05) is 11.6 Å². The van der Waals surface area contributed by atoms with Crippen LogP contribution in [-0.4, -0.2) is 9.38 Å². The van der Waals surface area contributed by atoms with Crippen LogP contribution in [0.3, 0.4) is 0 Å². The first-order valence-electron chi connectivity index (χ1n) is 3.48. The van der Waals surface area contributed by atoms with E-state index in [4.69, 9.17) is 11.6 Å². The highest BCUT2D eigenvalue weighted by molar-refractivity contribution is 6.30. The first-order valence-corrected chi connectivity index (χ1v) is 3.86. The second-order valence-corrected chi connectivity index (χ2v) is 2.92. The number of rotatable bonds is 0. The number of hydrogen-bond donors (Lipinski definition) is 0. The van der Waals surface area contributed by atoms with Gasteiger partial charge in [0.1, 0.15) is 16.6 Å². The van der Waals surface area contributed by atoms with Crippen LogP contribution in [0.5, 0.6) is 0 Å². The summed E-state index contributed by atoms with van der Waals surface area (Å²) in [5.41, 5.74) is 1.38. The zero-order chi connectivity index (χ0) is 8.72. The normalized spacial score (nSPS) is 10.9. The lowest BCUT2D eigenvalue weighted by Crippen LogP contribution is -1.85. The lowest BCUT2D eigenvalue weighted by molar-refractivity contribution is 0.619. The van der Waals surface area contributed by atoms with Gasteiger partial charge in [0.05, 0.1) is 5.69 Å². The third-order valence-electron chi connectivity index (χ3n) is 1.68. The Morgan fingerprint density at radius 1 is 1.50 bits per heavy atom. The Bertz CT molecular complexity index is 436. The van der Waals surface area contributed by atoms with Crippen molar-refractivity contribution in [3.05, 3.63) is 35.0 Å². The Kier molecular flexibility index (Phi) is 1.54. The molecule has 2 nitrogen and oxygen atoms in total. The molecule has 0 spiro atoms. The molecule has 0 saturated carbocycles. The minimum atomic E-state index is -0.318. The van der Waals surface area contributed by atoms with E-state index >= 15 is 0 Å². The molecule has 0 aliphatic carbocycles. The fraction of sp³-hybridized carbons (Fsp3) is 0.125. The summed E-state index contributed by atoms with van der Waals surface area (Å²) in [6.45, 7) is 1.78. The van der Waals surface area contributed by atoms with E-state index in [1.54, 1.807) is 13.0 Å². The van der Waals surface area contributed by atoms with Gasteiger partial charge in [-0.3, -0.25) is 4.40 Å². The van der Waals surface area contributed by atoms with Crippen LogP contribution in [0.25, 0.3) is 5.65 Å². The van der Waals surface area contributed by atoms with Crippen LogP contribution in [0.15, 0.2) is 18.3 Å². The number of nitrogens with zero attached hydrogens (tertiary/aromatic N) is 2. The van der Waals surface area contributed by atoms with E-state index in [1.807, 2.05) is 0 Å². The lowest BCUT2D eigenvalue weighted by Gasteiger charge is -1.93. The van der Waals surface area contributed by atoms with Gasteiger partial charge in [-0.25, -0.2) is 9.37 Å². The second kappa shape index (κ2) is 2.45. The van der Waals surface area contributed by atoms with E-state index in [1.165, 1.54) is 16.7 Å². The fourth-order valence-electron chi connectivity index (χ4n) is 1.11. The van der Waals surface area contributed by atoms with Crippen molar-refractivity contribution >= 4 is 17.2 Å². The third kappa shape index (κ3) is 0.975. The maximum atomic E-state index is 12.7. The monoisotopic (exact) mass is 184 g/mol. The highest BCUT2D eigenvalue weighted by Crippen LogP contribution is 2.17. The molecule has 0 amide bonds. The van der Waals surface area contributed by atoms with Gasteiger partial charge in [0.25, 0.3) is 0 Å². The summed E-state index contributed by atoms with van der Waals surface area (Å²) in [5.74, 6) is -0.318. The molecule has 0 saturated heterocycles. The number of fused-ring (bicyclic) bond motifs is 1. The van der Waals surface area contributed by atoms with E-state index in [2.05, 4.69) is 4.98 Å². The standard InChI is InChI=1S/C8H6ClFN2/c1-5-8(9)12-4-6(10)2-3-7(12)11-5/h2-4H,1H3. The van der Waals surface area contributed by atoms with Crippen molar-refractivity contribution in [2.45, 2.75) is 6.92 Å². The molecule has 0 aliphatic rings. The van der Waals surface area contributed by atoms with E-state index in [-0.39, 0.29) is 5.82 Å². The summed E-state index contributed by atoms with van der Waals surface area (Å²) in [6.07, 6.45) is 1.32. The maximum absolute atomic E-state index is 12.7. The molecule has 12 heavy (non-hydrogen) atoms. The summed E-state index contributed by atoms with van der Waals surface area (Å²) in [7, 11) is 0. The summed E-state index contributed by atoms with van der Waals surface area (Å²) >= 11 is 5.85. The van der Waals surface area contributed by atoms with Crippen LogP contribution in [0.4, 0.5) is 4.39 Å². The largest absolute Gasteiger partial charge is 0.287 e. The fourth-order valence-corrected chi connectivity index (χ4v) is 1.29. The molecule has 62 valence electrons.